The molecule has 1 N–H and O–H groups in total. The summed E-state index contributed by atoms with van der Waals surface area (Å²) in [5.41, 5.74) is 0. The van der Waals surface area contributed by atoms with Crippen LogP contribution in [0.4, 0.5) is 4.79 Å². The number of ketones is 1. The number of methoxy groups -OCH3 is 1. The third-order valence-corrected chi connectivity index (χ3v) is 1.82. The molecule has 0 aliphatic rings. The van der Waals surface area contributed by atoms with Crippen LogP contribution in [-0.4, -0.2) is 25.0 Å². The van der Waals surface area contributed by atoms with Crippen molar-refractivity contribution in [3.63, 3.8) is 0 Å². The highest BCUT2D eigenvalue weighted by Crippen LogP contribution is 2.05. The summed E-state index contributed by atoms with van der Waals surface area (Å²) in [5.74, 6) is 0.118. The van der Waals surface area contributed by atoms with E-state index in [9.17, 15) is 9.59 Å². The number of alkyl carbamates (subject to hydrolysis) is 1. The monoisotopic (exact) mass is 189 g/mol. The first-order valence-corrected chi connectivity index (χ1v) is 4.40. The molecule has 1 amide bonds. The van der Waals surface area contributed by atoms with Crippen molar-refractivity contribution in [1.82, 2.24) is 5.32 Å². The summed E-state index contributed by atoms with van der Waals surface area (Å²) < 4.78 is 4.42. The van der Waals surface area contributed by atoms with Gasteiger partial charge in [-0.2, -0.15) is 0 Å². The highest BCUT2D eigenvalue weighted by molar-refractivity contribution is 5.87. The first-order valence-electron chi connectivity index (χ1n) is 4.40. The largest absolute Gasteiger partial charge is 0.453 e. The van der Waals surface area contributed by atoms with Gasteiger partial charge in [0.2, 0.25) is 0 Å². The SMILES string of the molecule is CCC(=O)[C@H](NC(=O)OC)C(C)C.[HH]. The lowest BCUT2D eigenvalue weighted by atomic mass is 9.99. The van der Waals surface area contributed by atoms with Crippen molar-refractivity contribution in [2.24, 2.45) is 5.92 Å². The van der Waals surface area contributed by atoms with Crippen LogP contribution in [0.15, 0.2) is 0 Å². The average molecular weight is 189 g/mol. The third kappa shape index (κ3) is 3.92. The second-order valence-electron chi connectivity index (χ2n) is 3.18. The van der Waals surface area contributed by atoms with Gasteiger partial charge in [-0.05, 0) is 5.92 Å². The van der Waals surface area contributed by atoms with Crippen LogP contribution in [-0.2, 0) is 9.53 Å². The van der Waals surface area contributed by atoms with Crippen LogP contribution < -0.4 is 5.32 Å². The first kappa shape index (κ1) is 11.9. The van der Waals surface area contributed by atoms with Crippen molar-refractivity contribution in [2.45, 2.75) is 33.2 Å². The molecule has 4 nitrogen and oxygen atoms in total. The summed E-state index contributed by atoms with van der Waals surface area (Å²) in [4.78, 5) is 22.2. The number of hydrogen-bond acceptors (Lipinski definition) is 3. The third-order valence-electron chi connectivity index (χ3n) is 1.82. The van der Waals surface area contributed by atoms with E-state index in [1.165, 1.54) is 7.11 Å². The maximum Gasteiger partial charge on any atom is 0.407 e. The van der Waals surface area contributed by atoms with E-state index in [2.05, 4.69) is 10.1 Å². The Labute approximate surface area is 80.1 Å². The molecule has 78 valence electrons. The van der Waals surface area contributed by atoms with Gasteiger partial charge in [-0.15, -0.1) is 0 Å². The van der Waals surface area contributed by atoms with E-state index in [0.29, 0.717) is 6.42 Å². The Kier molecular flexibility index (Phi) is 5.11. The molecule has 4 heteroatoms. The molecular formula is C9H19NO3. The van der Waals surface area contributed by atoms with Gasteiger partial charge in [0.15, 0.2) is 5.78 Å². The van der Waals surface area contributed by atoms with Crippen molar-refractivity contribution in [1.29, 1.82) is 0 Å². The highest BCUT2D eigenvalue weighted by Gasteiger charge is 2.22. The van der Waals surface area contributed by atoms with E-state index in [1.54, 1.807) is 6.92 Å². The summed E-state index contributed by atoms with van der Waals surface area (Å²) in [7, 11) is 1.28. The molecule has 0 unspecified atom stereocenters. The standard InChI is InChI=1S/C9H17NO3.H2/c1-5-7(11)8(6(2)3)10-9(12)13-4;/h6,8H,5H2,1-4H3,(H,10,12);1H/t8-;/m1./s1. The normalized spacial score (nSPS) is 12.4. The quantitative estimate of drug-likeness (QED) is 0.730. The fourth-order valence-electron chi connectivity index (χ4n) is 1.02. The molecule has 0 saturated carbocycles. The Bertz CT molecular complexity index is 194. The van der Waals surface area contributed by atoms with Crippen LogP contribution in [0.3, 0.4) is 0 Å². The van der Waals surface area contributed by atoms with Gasteiger partial charge >= 0.3 is 6.09 Å². The van der Waals surface area contributed by atoms with Crippen molar-refractivity contribution >= 4 is 11.9 Å². The second-order valence-corrected chi connectivity index (χ2v) is 3.18. The van der Waals surface area contributed by atoms with Crippen LogP contribution in [0, 0.1) is 5.92 Å². The Balaban J connectivity index is 0. The van der Waals surface area contributed by atoms with E-state index >= 15 is 0 Å². The molecule has 0 spiro atoms. The molecule has 0 aromatic rings. The Hall–Kier alpha value is -1.06. The molecule has 0 aromatic heterocycles. The first-order chi connectivity index (χ1) is 6.02. The van der Waals surface area contributed by atoms with Gasteiger partial charge in [-0.1, -0.05) is 20.8 Å². The van der Waals surface area contributed by atoms with Crippen molar-refractivity contribution < 1.29 is 15.8 Å². The van der Waals surface area contributed by atoms with Crippen LogP contribution in [0.5, 0.6) is 0 Å². The molecule has 0 heterocycles. The molecule has 13 heavy (non-hydrogen) atoms. The van der Waals surface area contributed by atoms with Gasteiger partial charge in [0, 0.05) is 7.85 Å². The molecule has 0 aliphatic carbocycles. The Morgan fingerprint density at radius 3 is 2.31 bits per heavy atom. The number of hydrogen-bond donors (Lipinski definition) is 1. The highest BCUT2D eigenvalue weighted by atomic mass is 16.5. The maximum absolute atomic E-state index is 11.3. The molecule has 0 aliphatic heterocycles. The lowest BCUT2D eigenvalue weighted by molar-refractivity contribution is -0.121. The predicted octanol–water partition coefficient (Wildman–Crippen LogP) is 1.59. The number of ether oxygens (including phenoxy) is 1. The fraction of sp³-hybridized carbons (Fsp3) is 0.778. The molecule has 1 atom stereocenters. The van der Waals surface area contributed by atoms with E-state index in [-0.39, 0.29) is 13.1 Å². The number of Topliss-reactive ketones (excluding diaryl/α,β-unsaturated/α-hetero) is 1. The lowest BCUT2D eigenvalue weighted by Crippen LogP contribution is -2.44. The van der Waals surface area contributed by atoms with E-state index < -0.39 is 12.1 Å². The smallest absolute Gasteiger partial charge is 0.407 e. The number of carbonyl (C=O) groups excluding carboxylic acids is 2. The van der Waals surface area contributed by atoms with Gasteiger partial charge in [-0.3, -0.25) is 4.79 Å². The minimum Gasteiger partial charge on any atom is -0.453 e. The fourth-order valence-corrected chi connectivity index (χ4v) is 1.02. The van der Waals surface area contributed by atoms with E-state index in [4.69, 9.17) is 0 Å². The van der Waals surface area contributed by atoms with Gasteiger partial charge < -0.3 is 10.1 Å². The summed E-state index contributed by atoms with van der Waals surface area (Å²) in [6.45, 7) is 5.54. The van der Waals surface area contributed by atoms with Crippen molar-refractivity contribution in [2.75, 3.05) is 7.11 Å². The number of carbonyl (C=O) groups is 2. The molecule has 0 saturated heterocycles. The average Bonchev–Trinajstić information content (AvgIpc) is 2.11. The zero-order valence-electron chi connectivity index (χ0n) is 8.59. The maximum atomic E-state index is 11.3. The summed E-state index contributed by atoms with van der Waals surface area (Å²) in [6, 6.07) is -0.433. The van der Waals surface area contributed by atoms with E-state index in [1.807, 2.05) is 13.8 Å². The Morgan fingerprint density at radius 2 is 2.00 bits per heavy atom. The van der Waals surface area contributed by atoms with Gasteiger partial charge in [0.25, 0.3) is 0 Å². The van der Waals surface area contributed by atoms with Gasteiger partial charge in [0.05, 0.1) is 13.2 Å². The van der Waals surface area contributed by atoms with Crippen LogP contribution in [0.25, 0.3) is 0 Å². The summed E-state index contributed by atoms with van der Waals surface area (Å²) in [5, 5.41) is 2.51. The summed E-state index contributed by atoms with van der Waals surface area (Å²) >= 11 is 0. The lowest BCUT2D eigenvalue weighted by Gasteiger charge is -2.19. The van der Waals surface area contributed by atoms with Crippen LogP contribution >= 0.6 is 0 Å². The van der Waals surface area contributed by atoms with Gasteiger partial charge in [-0.25, -0.2) is 4.79 Å². The topological polar surface area (TPSA) is 55.4 Å². The van der Waals surface area contributed by atoms with Crippen LogP contribution in [0.1, 0.15) is 28.6 Å². The molecule has 0 bridgehead atoms. The minimum absolute atomic E-state index is 0. The number of rotatable bonds is 4. The zero-order chi connectivity index (χ0) is 10.4. The number of amides is 1. The van der Waals surface area contributed by atoms with E-state index in [0.717, 1.165) is 0 Å². The van der Waals surface area contributed by atoms with Crippen LogP contribution in [0.2, 0.25) is 0 Å². The minimum atomic E-state index is -0.555. The van der Waals surface area contributed by atoms with Crippen molar-refractivity contribution in [3.05, 3.63) is 0 Å². The molecule has 0 fully saturated rings. The molecular weight excluding hydrogens is 170 g/mol. The second kappa shape index (κ2) is 5.56. The predicted molar refractivity (Wildman–Crippen MR) is 51.6 cm³/mol. The van der Waals surface area contributed by atoms with Crippen molar-refractivity contribution in [3.8, 4) is 0 Å². The summed E-state index contributed by atoms with van der Waals surface area (Å²) in [6.07, 6.45) is -0.132. The molecule has 0 rings (SSSR count). The van der Waals surface area contributed by atoms with Gasteiger partial charge in [0.1, 0.15) is 0 Å². The number of nitrogens with one attached hydrogen (secondary N) is 1. The molecule has 0 radical (unpaired) electrons. The molecule has 0 aromatic carbocycles. The Morgan fingerprint density at radius 1 is 1.46 bits per heavy atom. The zero-order valence-corrected chi connectivity index (χ0v) is 8.59.